The summed E-state index contributed by atoms with van der Waals surface area (Å²) in [6.07, 6.45) is 2.48. The van der Waals surface area contributed by atoms with Crippen molar-refractivity contribution in [3.05, 3.63) is 47.5 Å². The third-order valence-corrected chi connectivity index (χ3v) is 5.82. The molecule has 0 unspecified atom stereocenters. The zero-order chi connectivity index (χ0) is 21.7. The predicted octanol–water partition coefficient (Wildman–Crippen LogP) is 4.44. The molecule has 1 amide bonds. The maximum atomic E-state index is 12.8. The van der Waals surface area contributed by atoms with E-state index in [1.165, 1.54) is 39.9 Å². The predicted molar refractivity (Wildman–Crippen MR) is 119 cm³/mol. The van der Waals surface area contributed by atoms with Gasteiger partial charge in [0.2, 0.25) is 5.75 Å². The van der Waals surface area contributed by atoms with E-state index in [9.17, 15) is 4.79 Å². The van der Waals surface area contributed by atoms with Crippen molar-refractivity contribution in [3.63, 3.8) is 0 Å². The van der Waals surface area contributed by atoms with Crippen molar-refractivity contribution in [3.8, 4) is 17.2 Å². The van der Waals surface area contributed by atoms with Gasteiger partial charge in [0.25, 0.3) is 5.91 Å². The first-order valence-electron chi connectivity index (χ1n) is 10.4. The van der Waals surface area contributed by atoms with Crippen LogP contribution < -0.4 is 24.4 Å². The van der Waals surface area contributed by atoms with Gasteiger partial charge in [0, 0.05) is 24.3 Å². The maximum Gasteiger partial charge on any atom is 0.252 e. The summed E-state index contributed by atoms with van der Waals surface area (Å²) in [5.74, 6) is 1.99. The molecule has 1 heterocycles. The molecule has 1 N–H and O–H groups in total. The average molecular weight is 413 g/mol. The van der Waals surface area contributed by atoms with Crippen LogP contribution >= 0.6 is 0 Å². The van der Waals surface area contributed by atoms with E-state index in [4.69, 9.17) is 14.2 Å². The van der Waals surface area contributed by atoms with Crippen LogP contribution in [0, 0.1) is 5.92 Å². The Morgan fingerprint density at radius 1 is 1.00 bits per heavy atom. The van der Waals surface area contributed by atoms with E-state index in [1.807, 2.05) is 6.92 Å². The van der Waals surface area contributed by atoms with E-state index >= 15 is 0 Å². The third kappa shape index (κ3) is 4.81. The summed E-state index contributed by atoms with van der Waals surface area (Å²) in [5, 5.41) is 3.05. The molecular weight excluding hydrogens is 380 g/mol. The Bertz CT molecular complexity index is 833. The van der Waals surface area contributed by atoms with Crippen LogP contribution in [0.1, 0.15) is 48.7 Å². The first-order chi connectivity index (χ1) is 14.5. The van der Waals surface area contributed by atoms with Crippen molar-refractivity contribution in [1.82, 2.24) is 5.32 Å². The molecule has 0 radical (unpaired) electrons. The number of carbonyl (C=O) groups excluding carboxylic acids is 1. The molecule has 30 heavy (non-hydrogen) atoms. The van der Waals surface area contributed by atoms with Gasteiger partial charge in [-0.05, 0) is 55.5 Å². The molecule has 1 saturated heterocycles. The van der Waals surface area contributed by atoms with Gasteiger partial charge in [-0.15, -0.1) is 0 Å². The van der Waals surface area contributed by atoms with Crippen LogP contribution in [-0.2, 0) is 0 Å². The lowest BCUT2D eigenvalue weighted by Crippen LogP contribution is -2.32. The number of ether oxygens (including phenoxy) is 3. The van der Waals surface area contributed by atoms with E-state index in [0.717, 1.165) is 24.6 Å². The Morgan fingerprint density at radius 3 is 2.07 bits per heavy atom. The molecule has 2 aromatic carbocycles. The first kappa shape index (κ1) is 21.8. The Kier molecular flexibility index (Phi) is 7.08. The minimum atomic E-state index is -0.198. The smallest absolute Gasteiger partial charge is 0.252 e. The molecule has 0 aliphatic carbocycles. The summed E-state index contributed by atoms with van der Waals surface area (Å²) in [7, 11) is 4.61. The largest absolute Gasteiger partial charge is 0.493 e. The zero-order valence-electron chi connectivity index (χ0n) is 18.5. The van der Waals surface area contributed by atoms with E-state index < -0.39 is 0 Å². The molecular formula is C24H32N2O4. The summed E-state index contributed by atoms with van der Waals surface area (Å²) >= 11 is 0. The number of rotatable bonds is 7. The third-order valence-electron chi connectivity index (χ3n) is 5.82. The fraction of sp³-hybridized carbons (Fsp3) is 0.458. The number of amides is 1. The maximum absolute atomic E-state index is 12.8. The Labute approximate surface area is 179 Å². The first-order valence-corrected chi connectivity index (χ1v) is 10.4. The van der Waals surface area contributed by atoms with Crippen molar-refractivity contribution in [1.29, 1.82) is 0 Å². The van der Waals surface area contributed by atoms with E-state index in [2.05, 4.69) is 41.4 Å². The highest BCUT2D eigenvalue weighted by molar-refractivity contribution is 5.95. The van der Waals surface area contributed by atoms with Crippen molar-refractivity contribution in [2.45, 2.75) is 32.7 Å². The van der Waals surface area contributed by atoms with E-state index in [1.54, 1.807) is 12.1 Å². The quantitative estimate of drug-likeness (QED) is 0.729. The van der Waals surface area contributed by atoms with Crippen molar-refractivity contribution >= 4 is 11.6 Å². The molecule has 0 saturated carbocycles. The molecule has 162 valence electrons. The second-order valence-corrected chi connectivity index (χ2v) is 7.87. The van der Waals surface area contributed by atoms with Gasteiger partial charge >= 0.3 is 0 Å². The SMILES string of the molecule is COc1cc(C(=O)N[C@@H](C)c2ccc(N3CCC(C)CC3)cc2)cc(OC)c1OC. The topological polar surface area (TPSA) is 60.0 Å². The van der Waals surface area contributed by atoms with Crippen LogP contribution in [0.3, 0.4) is 0 Å². The number of nitrogens with one attached hydrogen (secondary N) is 1. The highest BCUT2D eigenvalue weighted by Crippen LogP contribution is 2.38. The summed E-state index contributed by atoms with van der Waals surface area (Å²) < 4.78 is 16.0. The summed E-state index contributed by atoms with van der Waals surface area (Å²) in [4.78, 5) is 15.3. The van der Waals surface area contributed by atoms with E-state index in [-0.39, 0.29) is 11.9 Å². The Hall–Kier alpha value is -2.89. The summed E-state index contributed by atoms with van der Waals surface area (Å²) in [6, 6.07) is 11.7. The highest BCUT2D eigenvalue weighted by Gasteiger charge is 2.19. The number of nitrogens with zero attached hydrogens (tertiary/aromatic N) is 1. The number of anilines is 1. The van der Waals surface area contributed by atoms with Gasteiger partial charge in [0.1, 0.15) is 0 Å². The molecule has 1 aliphatic heterocycles. The molecule has 3 rings (SSSR count). The standard InChI is InChI=1S/C24H32N2O4/c1-16-10-12-26(13-11-16)20-8-6-18(7-9-20)17(2)25-24(27)19-14-21(28-3)23(30-5)22(15-19)29-4/h6-9,14-17H,10-13H2,1-5H3,(H,25,27)/t17-/m0/s1. The van der Waals surface area contributed by atoms with Crippen LogP contribution in [-0.4, -0.2) is 40.3 Å². The van der Waals surface area contributed by atoms with Gasteiger partial charge in [-0.1, -0.05) is 19.1 Å². The monoisotopic (exact) mass is 412 g/mol. The second-order valence-electron chi connectivity index (χ2n) is 7.87. The van der Waals surface area contributed by atoms with Gasteiger partial charge < -0.3 is 24.4 Å². The number of methoxy groups -OCH3 is 3. The average Bonchev–Trinajstić information content (AvgIpc) is 2.78. The molecule has 1 atom stereocenters. The van der Waals surface area contributed by atoms with Crippen molar-refractivity contribution in [2.24, 2.45) is 5.92 Å². The minimum Gasteiger partial charge on any atom is -0.493 e. The van der Waals surface area contributed by atoms with Gasteiger partial charge in [0.15, 0.2) is 11.5 Å². The van der Waals surface area contributed by atoms with Crippen LogP contribution in [0.2, 0.25) is 0 Å². The molecule has 0 bridgehead atoms. The molecule has 1 aliphatic rings. The molecule has 6 nitrogen and oxygen atoms in total. The molecule has 1 fully saturated rings. The Morgan fingerprint density at radius 2 is 1.57 bits per heavy atom. The van der Waals surface area contributed by atoms with Crippen LogP contribution in [0.4, 0.5) is 5.69 Å². The van der Waals surface area contributed by atoms with Crippen LogP contribution in [0.25, 0.3) is 0 Å². The lowest BCUT2D eigenvalue weighted by molar-refractivity contribution is 0.0939. The number of piperidine rings is 1. The lowest BCUT2D eigenvalue weighted by atomic mass is 9.98. The highest BCUT2D eigenvalue weighted by atomic mass is 16.5. The number of hydrogen-bond donors (Lipinski definition) is 1. The number of hydrogen-bond acceptors (Lipinski definition) is 5. The van der Waals surface area contributed by atoms with Crippen LogP contribution in [0.5, 0.6) is 17.2 Å². The fourth-order valence-electron chi connectivity index (χ4n) is 3.82. The van der Waals surface area contributed by atoms with Gasteiger partial charge in [0.05, 0.1) is 27.4 Å². The summed E-state index contributed by atoms with van der Waals surface area (Å²) in [6.45, 7) is 6.51. The van der Waals surface area contributed by atoms with E-state index in [0.29, 0.717) is 22.8 Å². The van der Waals surface area contributed by atoms with Gasteiger partial charge in [-0.3, -0.25) is 4.79 Å². The Balaban J connectivity index is 1.69. The molecule has 6 heteroatoms. The number of benzene rings is 2. The lowest BCUT2D eigenvalue weighted by Gasteiger charge is -2.32. The van der Waals surface area contributed by atoms with Gasteiger partial charge in [-0.2, -0.15) is 0 Å². The van der Waals surface area contributed by atoms with Crippen molar-refractivity contribution in [2.75, 3.05) is 39.3 Å². The molecule has 2 aromatic rings. The molecule has 0 spiro atoms. The van der Waals surface area contributed by atoms with Crippen LogP contribution in [0.15, 0.2) is 36.4 Å². The minimum absolute atomic E-state index is 0.132. The zero-order valence-corrected chi connectivity index (χ0v) is 18.5. The fourth-order valence-corrected chi connectivity index (χ4v) is 3.82. The van der Waals surface area contributed by atoms with Crippen molar-refractivity contribution < 1.29 is 19.0 Å². The molecule has 0 aromatic heterocycles. The second kappa shape index (κ2) is 9.74. The number of carbonyl (C=O) groups is 1. The summed E-state index contributed by atoms with van der Waals surface area (Å²) in [5.41, 5.74) is 2.76. The normalized spacial score (nSPS) is 15.4. The van der Waals surface area contributed by atoms with Gasteiger partial charge in [-0.25, -0.2) is 0 Å².